The average Bonchev–Trinajstić information content (AvgIpc) is 3.30. The zero-order valence-electron chi connectivity index (χ0n) is 15.7. The van der Waals surface area contributed by atoms with Crippen LogP contribution < -0.4 is 4.90 Å². The lowest BCUT2D eigenvalue weighted by Crippen LogP contribution is -2.37. The van der Waals surface area contributed by atoms with E-state index in [-0.39, 0.29) is 17.6 Å². The van der Waals surface area contributed by atoms with E-state index in [2.05, 4.69) is 16.4 Å². The Labute approximate surface area is 162 Å². The molecule has 6 heteroatoms. The van der Waals surface area contributed by atoms with Gasteiger partial charge in [0.05, 0.1) is 11.4 Å². The SMILES string of the molecule is Cn1nnc2c1CC(C(=O)N1CCc3cc(-c4cccc(F)c4)ccc31)CC2. The molecule has 142 valence electrons. The van der Waals surface area contributed by atoms with Gasteiger partial charge in [0.15, 0.2) is 0 Å². The van der Waals surface area contributed by atoms with Crippen molar-refractivity contribution in [1.29, 1.82) is 0 Å². The van der Waals surface area contributed by atoms with Gasteiger partial charge in [-0.25, -0.2) is 4.39 Å². The minimum atomic E-state index is -0.240. The molecule has 0 spiro atoms. The molecule has 2 aromatic carbocycles. The Hall–Kier alpha value is -3.02. The number of aromatic nitrogens is 3. The number of hydrogen-bond donors (Lipinski definition) is 0. The van der Waals surface area contributed by atoms with Crippen molar-refractivity contribution in [1.82, 2.24) is 15.0 Å². The molecule has 1 amide bonds. The minimum absolute atomic E-state index is 0.0291. The van der Waals surface area contributed by atoms with Crippen molar-refractivity contribution in [3.05, 3.63) is 65.2 Å². The van der Waals surface area contributed by atoms with E-state index in [1.54, 1.807) is 16.8 Å². The Bertz CT molecular complexity index is 1070. The maximum absolute atomic E-state index is 13.5. The number of anilines is 1. The zero-order valence-corrected chi connectivity index (χ0v) is 15.7. The molecule has 5 rings (SSSR count). The van der Waals surface area contributed by atoms with Gasteiger partial charge in [0.1, 0.15) is 5.82 Å². The lowest BCUT2D eigenvalue weighted by atomic mass is 9.88. The molecule has 1 aliphatic carbocycles. The summed E-state index contributed by atoms with van der Waals surface area (Å²) in [5, 5.41) is 8.27. The lowest BCUT2D eigenvalue weighted by Gasteiger charge is -2.26. The van der Waals surface area contributed by atoms with Gasteiger partial charge in [-0.05, 0) is 60.2 Å². The highest BCUT2D eigenvalue weighted by Crippen LogP contribution is 2.35. The molecular weight excluding hydrogens is 355 g/mol. The van der Waals surface area contributed by atoms with Crippen molar-refractivity contribution in [2.24, 2.45) is 13.0 Å². The van der Waals surface area contributed by atoms with Crippen LogP contribution in [0.3, 0.4) is 0 Å². The lowest BCUT2D eigenvalue weighted by molar-refractivity contribution is -0.122. The number of benzene rings is 2. The molecule has 1 aliphatic heterocycles. The predicted octanol–water partition coefficient (Wildman–Crippen LogP) is 3.32. The maximum atomic E-state index is 13.5. The number of amides is 1. The van der Waals surface area contributed by atoms with Crippen molar-refractivity contribution in [3.63, 3.8) is 0 Å². The van der Waals surface area contributed by atoms with Gasteiger partial charge in [0.25, 0.3) is 0 Å². The van der Waals surface area contributed by atoms with Crippen LogP contribution in [-0.2, 0) is 31.1 Å². The van der Waals surface area contributed by atoms with E-state index in [0.717, 1.165) is 53.0 Å². The molecule has 1 atom stereocenters. The first-order valence-corrected chi connectivity index (χ1v) is 9.68. The summed E-state index contributed by atoms with van der Waals surface area (Å²) in [7, 11) is 1.89. The molecule has 2 heterocycles. The van der Waals surface area contributed by atoms with Gasteiger partial charge in [0, 0.05) is 31.6 Å². The van der Waals surface area contributed by atoms with Crippen molar-refractivity contribution < 1.29 is 9.18 Å². The van der Waals surface area contributed by atoms with Gasteiger partial charge < -0.3 is 4.90 Å². The number of hydrogen-bond acceptors (Lipinski definition) is 3. The number of halogens is 1. The fraction of sp³-hybridized carbons (Fsp3) is 0.318. The Balaban J connectivity index is 1.39. The number of carbonyl (C=O) groups is 1. The third-order valence-electron chi connectivity index (χ3n) is 5.94. The van der Waals surface area contributed by atoms with Crippen molar-refractivity contribution >= 4 is 11.6 Å². The minimum Gasteiger partial charge on any atom is -0.312 e. The maximum Gasteiger partial charge on any atom is 0.230 e. The average molecular weight is 376 g/mol. The second-order valence-electron chi connectivity index (χ2n) is 7.64. The van der Waals surface area contributed by atoms with Gasteiger partial charge in [-0.3, -0.25) is 9.48 Å². The van der Waals surface area contributed by atoms with Crippen LogP contribution in [-0.4, -0.2) is 27.4 Å². The van der Waals surface area contributed by atoms with Crippen LogP contribution in [0.2, 0.25) is 0 Å². The monoisotopic (exact) mass is 376 g/mol. The van der Waals surface area contributed by atoms with Crippen LogP contribution in [0.4, 0.5) is 10.1 Å². The highest BCUT2D eigenvalue weighted by molar-refractivity contribution is 5.97. The van der Waals surface area contributed by atoms with E-state index in [1.807, 2.05) is 30.1 Å². The van der Waals surface area contributed by atoms with Gasteiger partial charge >= 0.3 is 0 Å². The second-order valence-corrected chi connectivity index (χ2v) is 7.64. The molecule has 2 aliphatic rings. The molecule has 28 heavy (non-hydrogen) atoms. The number of carbonyl (C=O) groups excluding carboxylic acids is 1. The van der Waals surface area contributed by atoms with Gasteiger partial charge in [-0.1, -0.05) is 23.4 Å². The van der Waals surface area contributed by atoms with Gasteiger partial charge in [0.2, 0.25) is 5.91 Å². The number of nitrogens with zero attached hydrogens (tertiary/aromatic N) is 4. The van der Waals surface area contributed by atoms with Crippen molar-refractivity contribution in [3.8, 4) is 11.1 Å². The molecule has 0 saturated carbocycles. The van der Waals surface area contributed by atoms with E-state index < -0.39 is 0 Å². The molecule has 0 radical (unpaired) electrons. The first-order chi connectivity index (χ1) is 13.6. The molecular formula is C22H21FN4O. The summed E-state index contributed by atoms with van der Waals surface area (Å²) in [5.41, 5.74) is 6.07. The highest BCUT2D eigenvalue weighted by Gasteiger charge is 2.34. The molecule has 1 unspecified atom stereocenters. The molecule has 0 saturated heterocycles. The van der Waals surface area contributed by atoms with Crippen LogP contribution >= 0.6 is 0 Å². The third kappa shape index (κ3) is 2.80. The summed E-state index contributed by atoms with van der Waals surface area (Å²) in [6.45, 7) is 0.702. The molecule has 5 nitrogen and oxygen atoms in total. The van der Waals surface area contributed by atoms with Crippen molar-refractivity contribution in [2.75, 3.05) is 11.4 Å². The Morgan fingerprint density at radius 3 is 2.86 bits per heavy atom. The smallest absolute Gasteiger partial charge is 0.230 e. The summed E-state index contributed by atoms with van der Waals surface area (Å²) in [5.74, 6) is -0.0845. The number of fused-ring (bicyclic) bond motifs is 2. The molecule has 0 N–H and O–H groups in total. The van der Waals surface area contributed by atoms with Gasteiger partial charge in [-0.15, -0.1) is 5.10 Å². The zero-order chi connectivity index (χ0) is 19.3. The van der Waals surface area contributed by atoms with Crippen molar-refractivity contribution in [2.45, 2.75) is 25.7 Å². The number of rotatable bonds is 2. The summed E-state index contributed by atoms with van der Waals surface area (Å²) in [4.78, 5) is 15.2. The summed E-state index contributed by atoms with van der Waals surface area (Å²) < 4.78 is 15.3. The fourth-order valence-electron chi connectivity index (χ4n) is 4.42. The topological polar surface area (TPSA) is 51.0 Å². The molecule has 3 aromatic rings. The Morgan fingerprint density at radius 2 is 2.00 bits per heavy atom. The normalized spacial score (nSPS) is 18.1. The molecule has 0 fully saturated rings. The van der Waals surface area contributed by atoms with Crippen LogP contribution in [0.25, 0.3) is 11.1 Å². The van der Waals surface area contributed by atoms with E-state index in [4.69, 9.17) is 0 Å². The summed E-state index contributed by atoms with van der Waals surface area (Å²) >= 11 is 0. The van der Waals surface area contributed by atoms with E-state index in [9.17, 15) is 9.18 Å². The van der Waals surface area contributed by atoms with Crippen LogP contribution in [0, 0.1) is 11.7 Å². The Morgan fingerprint density at radius 1 is 1.14 bits per heavy atom. The Kier molecular flexibility index (Phi) is 4.00. The first-order valence-electron chi connectivity index (χ1n) is 9.68. The summed E-state index contributed by atoms with van der Waals surface area (Å²) in [6.07, 6.45) is 3.15. The highest BCUT2D eigenvalue weighted by atomic mass is 19.1. The van der Waals surface area contributed by atoms with Crippen LogP contribution in [0.5, 0.6) is 0 Å². The van der Waals surface area contributed by atoms with Crippen LogP contribution in [0.1, 0.15) is 23.4 Å². The molecule has 1 aromatic heterocycles. The predicted molar refractivity (Wildman–Crippen MR) is 104 cm³/mol. The fourth-order valence-corrected chi connectivity index (χ4v) is 4.42. The standard InChI is InChI=1S/C22H21FN4O/c1-26-21-13-17(5-7-19(21)24-25-26)22(28)27-10-9-16-11-15(6-8-20(16)27)14-3-2-4-18(23)12-14/h2-4,6,8,11-12,17H,5,7,9-10,13H2,1H3. The van der Waals surface area contributed by atoms with E-state index >= 15 is 0 Å². The first kappa shape index (κ1) is 17.1. The van der Waals surface area contributed by atoms with Gasteiger partial charge in [-0.2, -0.15) is 0 Å². The summed E-state index contributed by atoms with van der Waals surface area (Å²) in [6, 6.07) is 12.7. The van der Waals surface area contributed by atoms with E-state index in [1.165, 1.54) is 6.07 Å². The molecule has 0 bridgehead atoms. The third-order valence-corrected chi connectivity index (χ3v) is 5.94. The number of aryl methyl sites for hydroxylation is 2. The second kappa shape index (κ2) is 6.55. The van der Waals surface area contributed by atoms with E-state index in [0.29, 0.717) is 13.0 Å². The quantitative estimate of drug-likeness (QED) is 0.689. The largest absolute Gasteiger partial charge is 0.312 e. The van der Waals surface area contributed by atoms with Crippen LogP contribution in [0.15, 0.2) is 42.5 Å².